The average molecular weight is 325 g/mol. The summed E-state index contributed by atoms with van der Waals surface area (Å²) in [7, 11) is 0. The third-order valence-electron chi connectivity index (χ3n) is 3.03. The molecule has 1 N–H and O–H groups in total. The summed E-state index contributed by atoms with van der Waals surface area (Å²) in [6, 6.07) is 0. The molecular weight excluding hydrogens is 301 g/mol. The number of Topliss-reactive ketones (excluding diaryl/α,β-unsaturated/α-hetero) is 1. The highest BCUT2D eigenvalue weighted by Crippen LogP contribution is 2.21. The highest BCUT2D eigenvalue weighted by atomic mass is 127. The summed E-state index contributed by atoms with van der Waals surface area (Å²) in [5.74, 6) is 0.351. The van der Waals surface area contributed by atoms with Gasteiger partial charge in [-0.05, 0) is 32.7 Å². The molecule has 15 heavy (non-hydrogen) atoms. The maximum Gasteiger partial charge on any atom is 0.165 e. The second kappa shape index (κ2) is 7.60. The zero-order chi connectivity index (χ0) is 11.9. The molecule has 0 saturated carbocycles. The Balaban J connectivity index is 4.49. The fourth-order valence-corrected chi connectivity index (χ4v) is 2.42. The summed E-state index contributed by atoms with van der Waals surface area (Å²) < 4.78 is 0.0941. The van der Waals surface area contributed by atoms with Crippen LogP contribution < -0.4 is 5.32 Å². The zero-order valence-electron chi connectivity index (χ0n) is 10.4. The second-order valence-corrected chi connectivity index (χ2v) is 5.92. The molecule has 0 heterocycles. The van der Waals surface area contributed by atoms with Crippen molar-refractivity contribution >= 4 is 28.4 Å². The molecule has 0 aliphatic rings. The van der Waals surface area contributed by atoms with Crippen LogP contribution in [0.15, 0.2) is 0 Å². The summed E-state index contributed by atoms with van der Waals surface area (Å²) in [4.78, 5) is 12.2. The van der Waals surface area contributed by atoms with Gasteiger partial charge in [0.25, 0.3) is 0 Å². The number of halogens is 1. The van der Waals surface area contributed by atoms with Gasteiger partial charge in [0.1, 0.15) is 0 Å². The van der Waals surface area contributed by atoms with Crippen LogP contribution in [0.5, 0.6) is 0 Å². The third-order valence-corrected chi connectivity index (χ3v) is 3.60. The average Bonchev–Trinajstić information content (AvgIpc) is 2.24. The van der Waals surface area contributed by atoms with Gasteiger partial charge in [0, 0.05) is 0 Å². The maximum atomic E-state index is 12.2. The van der Waals surface area contributed by atoms with Gasteiger partial charge in [-0.25, -0.2) is 0 Å². The summed E-state index contributed by atoms with van der Waals surface area (Å²) in [5, 5.41) is 3.46. The van der Waals surface area contributed by atoms with Crippen LogP contribution in [0.2, 0.25) is 0 Å². The number of ketones is 1. The molecule has 0 bridgehead atoms. The number of carbonyl (C=O) groups is 1. The van der Waals surface area contributed by atoms with E-state index in [1.54, 1.807) is 0 Å². The molecule has 0 aromatic rings. The Morgan fingerprint density at radius 3 is 2.20 bits per heavy atom. The molecule has 0 aliphatic heterocycles. The highest BCUT2D eigenvalue weighted by molar-refractivity contribution is 14.1. The molecule has 1 unspecified atom stereocenters. The van der Waals surface area contributed by atoms with Crippen LogP contribution in [0, 0.1) is 0 Å². The predicted octanol–water partition coefficient (Wildman–Crippen LogP) is 3.33. The monoisotopic (exact) mass is 325 g/mol. The first-order valence-electron chi connectivity index (χ1n) is 5.97. The second-order valence-electron chi connectivity index (χ2n) is 4.05. The summed E-state index contributed by atoms with van der Waals surface area (Å²) in [6.07, 6.45) is 4.09. The molecule has 2 nitrogen and oxygen atoms in total. The number of rotatable bonds is 8. The first kappa shape index (κ1) is 15.4. The molecule has 0 rings (SSSR count). The van der Waals surface area contributed by atoms with E-state index in [1.165, 1.54) is 6.42 Å². The standard InChI is InChI=1S/C12H24INO/c1-5-8-9-14-12(6-2,7-3)11(15)10(4)13/h10,14H,5-9H2,1-4H3. The lowest BCUT2D eigenvalue weighted by atomic mass is 9.86. The van der Waals surface area contributed by atoms with E-state index in [4.69, 9.17) is 0 Å². The van der Waals surface area contributed by atoms with Crippen LogP contribution in [-0.4, -0.2) is 21.8 Å². The summed E-state index contributed by atoms with van der Waals surface area (Å²) in [5.41, 5.74) is -0.282. The maximum absolute atomic E-state index is 12.2. The van der Waals surface area contributed by atoms with Crippen molar-refractivity contribution in [3.63, 3.8) is 0 Å². The van der Waals surface area contributed by atoms with Crippen LogP contribution in [0.1, 0.15) is 53.4 Å². The molecule has 0 fully saturated rings. The molecule has 0 radical (unpaired) electrons. The van der Waals surface area contributed by atoms with E-state index in [9.17, 15) is 4.79 Å². The van der Waals surface area contributed by atoms with Gasteiger partial charge < -0.3 is 5.32 Å². The zero-order valence-corrected chi connectivity index (χ0v) is 12.6. The van der Waals surface area contributed by atoms with E-state index in [0.717, 1.165) is 25.8 Å². The van der Waals surface area contributed by atoms with Crippen LogP contribution in [0.3, 0.4) is 0 Å². The lowest BCUT2D eigenvalue weighted by Crippen LogP contribution is -2.53. The normalized spacial score (nSPS) is 13.9. The van der Waals surface area contributed by atoms with Crippen LogP contribution in [0.4, 0.5) is 0 Å². The molecule has 0 amide bonds. The minimum absolute atomic E-state index is 0.0941. The van der Waals surface area contributed by atoms with E-state index in [0.29, 0.717) is 5.78 Å². The number of hydrogen-bond donors (Lipinski definition) is 1. The molecule has 3 heteroatoms. The minimum atomic E-state index is -0.282. The molecular formula is C12H24INO. The van der Waals surface area contributed by atoms with Crippen molar-refractivity contribution in [3.8, 4) is 0 Å². The van der Waals surface area contributed by atoms with E-state index in [2.05, 4.69) is 48.7 Å². The summed E-state index contributed by atoms with van der Waals surface area (Å²) in [6.45, 7) is 9.29. The van der Waals surface area contributed by atoms with E-state index in [-0.39, 0.29) is 9.46 Å². The van der Waals surface area contributed by atoms with Gasteiger partial charge in [-0.1, -0.05) is 49.8 Å². The Kier molecular flexibility index (Phi) is 7.79. The molecule has 0 saturated heterocycles. The fraction of sp³-hybridized carbons (Fsp3) is 0.917. The van der Waals surface area contributed by atoms with Gasteiger partial charge in [-0.15, -0.1) is 0 Å². The van der Waals surface area contributed by atoms with Crippen LogP contribution in [-0.2, 0) is 4.79 Å². The van der Waals surface area contributed by atoms with Crippen molar-refractivity contribution in [2.24, 2.45) is 0 Å². The Morgan fingerprint density at radius 2 is 1.87 bits per heavy atom. The van der Waals surface area contributed by atoms with Gasteiger partial charge in [-0.3, -0.25) is 4.79 Å². The quantitative estimate of drug-likeness (QED) is 0.421. The molecule has 0 aromatic heterocycles. The van der Waals surface area contributed by atoms with Crippen molar-refractivity contribution in [2.45, 2.75) is 62.8 Å². The van der Waals surface area contributed by atoms with Crippen molar-refractivity contribution in [1.29, 1.82) is 0 Å². The fourth-order valence-electron chi connectivity index (χ4n) is 1.82. The lowest BCUT2D eigenvalue weighted by molar-refractivity contribution is -0.124. The lowest BCUT2D eigenvalue weighted by Gasteiger charge is -2.32. The van der Waals surface area contributed by atoms with Gasteiger partial charge >= 0.3 is 0 Å². The topological polar surface area (TPSA) is 29.1 Å². The smallest absolute Gasteiger partial charge is 0.165 e. The van der Waals surface area contributed by atoms with Gasteiger partial charge in [0.2, 0.25) is 0 Å². The highest BCUT2D eigenvalue weighted by Gasteiger charge is 2.35. The van der Waals surface area contributed by atoms with E-state index >= 15 is 0 Å². The Bertz CT molecular complexity index is 188. The van der Waals surface area contributed by atoms with Crippen LogP contribution >= 0.6 is 22.6 Å². The number of nitrogens with one attached hydrogen (secondary N) is 1. The first-order chi connectivity index (χ1) is 7.04. The SMILES string of the molecule is CCCCNC(CC)(CC)C(=O)C(C)I. The Labute approximate surface area is 108 Å². The van der Waals surface area contributed by atoms with Gasteiger partial charge in [0.15, 0.2) is 5.78 Å². The number of unbranched alkanes of at least 4 members (excludes halogenated alkanes) is 1. The molecule has 0 aliphatic carbocycles. The Hall–Kier alpha value is 0.360. The van der Waals surface area contributed by atoms with Gasteiger partial charge in [-0.2, -0.15) is 0 Å². The number of carbonyl (C=O) groups excluding carboxylic acids is 1. The molecule has 1 atom stereocenters. The van der Waals surface area contributed by atoms with Crippen molar-refractivity contribution in [2.75, 3.05) is 6.54 Å². The van der Waals surface area contributed by atoms with Gasteiger partial charge in [0.05, 0.1) is 9.46 Å². The first-order valence-corrected chi connectivity index (χ1v) is 7.22. The molecule has 0 spiro atoms. The van der Waals surface area contributed by atoms with Crippen molar-refractivity contribution in [1.82, 2.24) is 5.32 Å². The third kappa shape index (κ3) is 4.39. The Morgan fingerprint density at radius 1 is 1.33 bits per heavy atom. The van der Waals surface area contributed by atoms with Crippen LogP contribution in [0.25, 0.3) is 0 Å². The van der Waals surface area contributed by atoms with Crippen molar-refractivity contribution in [3.05, 3.63) is 0 Å². The van der Waals surface area contributed by atoms with E-state index < -0.39 is 0 Å². The predicted molar refractivity (Wildman–Crippen MR) is 74.7 cm³/mol. The largest absolute Gasteiger partial charge is 0.305 e. The number of hydrogen-bond acceptors (Lipinski definition) is 2. The molecule has 90 valence electrons. The van der Waals surface area contributed by atoms with E-state index in [1.807, 2.05) is 6.92 Å². The minimum Gasteiger partial charge on any atom is -0.305 e. The summed E-state index contributed by atoms with van der Waals surface area (Å²) >= 11 is 2.21. The number of alkyl halides is 1. The van der Waals surface area contributed by atoms with Crippen molar-refractivity contribution < 1.29 is 4.79 Å². The molecule has 0 aromatic carbocycles.